The summed E-state index contributed by atoms with van der Waals surface area (Å²) >= 11 is 7.26. The van der Waals surface area contributed by atoms with Crippen molar-refractivity contribution in [2.24, 2.45) is 5.10 Å². The molecular weight excluding hydrogens is 472 g/mol. The lowest BCUT2D eigenvalue weighted by Gasteiger charge is -2.20. The lowest BCUT2D eigenvalue weighted by atomic mass is 10.0. The zero-order chi connectivity index (χ0) is 23.7. The minimum absolute atomic E-state index is 0.0827. The average Bonchev–Trinajstić information content (AvgIpc) is 3.53. The molecule has 2 aromatic carbocycles. The molecule has 9 heteroatoms. The Balaban J connectivity index is 1.42. The van der Waals surface area contributed by atoms with Crippen LogP contribution in [0.15, 0.2) is 86.4 Å². The van der Waals surface area contributed by atoms with Gasteiger partial charge in [0.15, 0.2) is 5.16 Å². The van der Waals surface area contributed by atoms with E-state index in [0.29, 0.717) is 39.8 Å². The van der Waals surface area contributed by atoms with Gasteiger partial charge in [0.1, 0.15) is 11.8 Å². The number of amides is 1. The van der Waals surface area contributed by atoms with Gasteiger partial charge in [0, 0.05) is 18.0 Å². The van der Waals surface area contributed by atoms with Gasteiger partial charge in [0.25, 0.3) is 11.5 Å². The van der Waals surface area contributed by atoms with E-state index in [-0.39, 0.29) is 23.3 Å². The number of halogens is 1. The predicted octanol–water partition coefficient (Wildman–Crippen LogP) is 5.13. The Bertz CT molecular complexity index is 1430. The van der Waals surface area contributed by atoms with Crippen molar-refractivity contribution in [1.29, 1.82) is 0 Å². The molecule has 0 N–H and O–H groups in total. The van der Waals surface area contributed by atoms with Crippen molar-refractivity contribution >= 4 is 45.9 Å². The standard InChI is InChI=1S/C25H21ClN4O3S/c1-2-29-24(32)18-6-3-4-7-19(18)27-25(29)34-15-23(31)30-21(22-8-5-13-33-22)14-20(28-30)16-9-11-17(26)12-10-16/h3-13,21H,2,14-15H2,1H3. The molecule has 172 valence electrons. The van der Waals surface area contributed by atoms with E-state index in [1.54, 1.807) is 41.2 Å². The summed E-state index contributed by atoms with van der Waals surface area (Å²) in [5, 5.41) is 7.83. The maximum Gasteiger partial charge on any atom is 0.262 e. The van der Waals surface area contributed by atoms with E-state index in [1.807, 2.05) is 37.3 Å². The lowest BCUT2D eigenvalue weighted by Crippen LogP contribution is -2.29. The van der Waals surface area contributed by atoms with Crippen molar-refractivity contribution in [2.75, 3.05) is 5.75 Å². The van der Waals surface area contributed by atoms with E-state index in [0.717, 1.165) is 11.3 Å². The van der Waals surface area contributed by atoms with Gasteiger partial charge in [0.05, 0.1) is 28.6 Å². The average molecular weight is 493 g/mol. The molecule has 4 aromatic rings. The molecule has 1 aliphatic heterocycles. The van der Waals surface area contributed by atoms with Crippen LogP contribution >= 0.6 is 23.4 Å². The molecule has 0 radical (unpaired) electrons. The van der Waals surface area contributed by atoms with Crippen LogP contribution in [-0.2, 0) is 11.3 Å². The number of nitrogens with zero attached hydrogens (tertiary/aromatic N) is 4. The zero-order valence-corrected chi connectivity index (χ0v) is 19.9. The Labute approximate surface area is 205 Å². The maximum absolute atomic E-state index is 13.3. The Morgan fingerprint density at radius 2 is 1.94 bits per heavy atom. The van der Waals surface area contributed by atoms with Crippen molar-refractivity contribution in [2.45, 2.75) is 31.1 Å². The molecule has 1 unspecified atom stereocenters. The second-order valence-corrected chi connectivity index (χ2v) is 9.16. The normalized spacial score (nSPS) is 15.6. The third-order valence-corrected chi connectivity index (χ3v) is 6.90. The number of carbonyl (C=O) groups excluding carboxylic acids is 1. The van der Waals surface area contributed by atoms with Crippen LogP contribution in [0.1, 0.15) is 30.7 Å². The minimum atomic E-state index is -0.341. The number of para-hydroxylation sites is 1. The van der Waals surface area contributed by atoms with E-state index in [1.165, 1.54) is 16.8 Å². The lowest BCUT2D eigenvalue weighted by molar-refractivity contribution is -0.130. The van der Waals surface area contributed by atoms with E-state index in [4.69, 9.17) is 16.0 Å². The van der Waals surface area contributed by atoms with Crippen LogP contribution in [0.2, 0.25) is 5.02 Å². The highest BCUT2D eigenvalue weighted by atomic mass is 35.5. The number of carbonyl (C=O) groups is 1. The summed E-state index contributed by atoms with van der Waals surface area (Å²) < 4.78 is 7.21. The number of fused-ring (bicyclic) bond motifs is 1. The summed E-state index contributed by atoms with van der Waals surface area (Å²) in [5.41, 5.74) is 2.19. The van der Waals surface area contributed by atoms with E-state index >= 15 is 0 Å². The fraction of sp³-hybridized carbons (Fsp3) is 0.200. The largest absolute Gasteiger partial charge is 0.467 e. The first-order chi connectivity index (χ1) is 16.5. The van der Waals surface area contributed by atoms with Crippen molar-refractivity contribution < 1.29 is 9.21 Å². The second kappa shape index (κ2) is 9.48. The highest BCUT2D eigenvalue weighted by molar-refractivity contribution is 7.99. The predicted molar refractivity (Wildman–Crippen MR) is 133 cm³/mol. The second-order valence-electron chi connectivity index (χ2n) is 7.78. The first-order valence-corrected chi connectivity index (χ1v) is 12.2. The molecule has 0 spiro atoms. The topological polar surface area (TPSA) is 80.7 Å². The van der Waals surface area contributed by atoms with E-state index in [9.17, 15) is 9.59 Å². The van der Waals surface area contributed by atoms with Crippen molar-refractivity contribution in [1.82, 2.24) is 14.6 Å². The molecule has 34 heavy (non-hydrogen) atoms. The molecule has 0 bridgehead atoms. The minimum Gasteiger partial charge on any atom is -0.467 e. The molecule has 5 rings (SSSR count). The Morgan fingerprint density at radius 3 is 2.68 bits per heavy atom. The third kappa shape index (κ3) is 4.26. The Kier molecular flexibility index (Phi) is 6.26. The van der Waals surface area contributed by atoms with Crippen LogP contribution in [-0.4, -0.2) is 31.9 Å². The molecule has 2 aromatic heterocycles. The molecule has 1 atom stereocenters. The molecule has 1 amide bonds. The van der Waals surface area contributed by atoms with Crippen LogP contribution in [0, 0.1) is 0 Å². The SMILES string of the molecule is CCn1c(SCC(=O)N2N=C(c3ccc(Cl)cc3)CC2c2ccco2)nc2ccccc2c1=O. The first-order valence-electron chi connectivity index (χ1n) is 10.9. The molecule has 7 nitrogen and oxygen atoms in total. The number of rotatable bonds is 6. The fourth-order valence-electron chi connectivity index (χ4n) is 3.99. The number of benzene rings is 2. The summed E-state index contributed by atoms with van der Waals surface area (Å²) in [6.07, 6.45) is 2.12. The van der Waals surface area contributed by atoms with Gasteiger partial charge in [-0.3, -0.25) is 14.2 Å². The van der Waals surface area contributed by atoms with Crippen LogP contribution < -0.4 is 5.56 Å². The number of hydrogen-bond donors (Lipinski definition) is 0. The van der Waals surface area contributed by atoms with Gasteiger partial charge in [-0.25, -0.2) is 9.99 Å². The molecule has 0 aliphatic carbocycles. The highest BCUT2D eigenvalue weighted by Crippen LogP contribution is 2.34. The van der Waals surface area contributed by atoms with Crippen LogP contribution in [0.3, 0.4) is 0 Å². The van der Waals surface area contributed by atoms with Crippen molar-refractivity contribution in [3.8, 4) is 0 Å². The highest BCUT2D eigenvalue weighted by Gasteiger charge is 2.35. The summed E-state index contributed by atoms with van der Waals surface area (Å²) in [6, 6.07) is 17.9. The van der Waals surface area contributed by atoms with Crippen molar-refractivity contribution in [3.63, 3.8) is 0 Å². The number of aromatic nitrogens is 2. The number of hydrazone groups is 1. The summed E-state index contributed by atoms with van der Waals surface area (Å²) in [6.45, 7) is 2.35. The van der Waals surface area contributed by atoms with Gasteiger partial charge in [-0.2, -0.15) is 5.10 Å². The zero-order valence-electron chi connectivity index (χ0n) is 18.3. The number of thioether (sulfide) groups is 1. The fourth-order valence-corrected chi connectivity index (χ4v) is 5.03. The molecule has 0 saturated carbocycles. The van der Waals surface area contributed by atoms with Gasteiger partial charge in [0.2, 0.25) is 0 Å². The quantitative estimate of drug-likeness (QED) is 0.275. The van der Waals surface area contributed by atoms with Gasteiger partial charge in [-0.1, -0.05) is 47.6 Å². The van der Waals surface area contributed by atoms with Gasteiger partial charge in [-0.05, 0) is 48.9 Å². The maximum atomic E-state index is 13.3. The molecule has 0 fully saturated rings. The number of furan rings is 1. The Morgan fingerprint density at radius 1 is 1.15 bits per heavy atom. The summed E-state index contributed by atoms with van der Waals surface area (Å²) in [7, 11) is 0. The molecule has 3 heterocycles. The smallest absolute Gasteiger partial charge is 0.262 e. The monoisotopic (exact) mass is 492 g/mol. The van der Waals surface area contributed by atoms with E-state index < -0.39 is 0 Å². The summed E-state index contributed by atoms with van der Waals surface area (Å²) in [4.78, 5) is 30.8. The van der Waals surface area contributed by atoms with Gasteiger partial charge >= 0.3 is 0 Å². The first kappa shape index (κ1) is 22.4. The van der Waals surface area contributed by atoms with Crippen LogP contribution in [0.5, 0.6) is 0 Å². The Hall–Kier alpha value is -3.36. The van der Waals surface area contributed by atoms with Crippen LogP contribution in [0.25, 0.3) is 10.9 Å². The molecule has 0 saturated heterocycles. The number of hydrogen-bond acceptors (Lipinski definition) is 6. The van der Waals surface area contributed by atoms with Crippen molar-refractivity contribution in [3.05, 3.63) is 93.6 Å². The summed E-state index contributed by atoms with van der Waals surface area (Å²) in [5.74, 6) is 0.556. The van der Waals surface area contributed by atoms with E-state index in [2.05, 4.69) is 10.1 Å². The van der Waals surface area contributed by atoms with Gasteiger partial charge in [-0.15, -0.1) is 0 Å². The third-order valence-electron chi connectivity index (χ3n) is 5.68. The molecular formula is C25H21ClN4O3S. The molecule has 1 aliphatic rings. The van der Waals surface area contributed by atoms with Gasteiger partial charge < -0.3 is 4.42 Å². The van der Waals surface area contributed by atoms with Crippen LogP contribution in [0.4, 0.5) is 0 Å².